The van der Waals surface area contributed by atoms with Gasteiger partial charge in [-0.05, 0) is 91.9 Å². The standard InChI is InChI=1S/C36H24O9/c1-23(37)28-20-31(44-35(40)26-12-16-29(17-13-26)42-33(38)24-8-4-2-5-9-24)22-32(21-28)45-36(41)27-14-18-30(19-15-27)43-34(39)25-10-6-3-7-11-25/h2-22H,1H3. The van der Waals surface area contributed by atoms with Gasteiger partial charge in [-0.1, -0.05) is 36.4 Å². The molecule has 0 radical (unpaired) electrons. The number of benzene rings is 5. The highest BCUT2D eigenvalue weighted by Gasteiger charge is 2.17. The van der Waals surface area contributed by atoms with Crippen LogP contribution >= 0.6 is 0 Å². The van der Waals surface area contributed by atoms with Crippen molar-refractivity contribution in [3.05, 3.63) is 155 Å². The van der Waals surface area contributed by atoms with Crippen LogP contribution < -0.4 is 18.9 Å². The molecule has 9 heteroatoms. The Morgan fingerprint density at radius 1 is 0.356 bits per heavy atom. The summed E-state index contributed by atoms with van der Waals surface area (Å²) in [7, 11) is 0. The monoisotopic (exact) mass is 600 g/mol. The molecule has 45 heavy (non-hydrogen) atoms. The summed E-state index contributed by atoms with van der Waals surface area (Å²) in [6, 6.07) is 32.4. The summed E-state index contributed by atoms with van der Waals surface area (Å²) in [6.07, 6.45) is 0. The van der Waals surface area contributed by atoms with Crippen LogP contribution in [0, 0.1) is 0 Å². The highest BCUT2D eigenvalue weighted by molar-refractivity contribution is 5.97. The van der Waals surface area contributed by atoms with Crippen LogP contribution in [0.2, 0.25) is 0 Å². The summed E-state index contributed by atoms with van der Waals surface area (Å²) in [4.78, 5) is 62.4. The second-order valence-corrected chi connectivity index (χ2v) is 9.59. The largest absolute Gasteiger partial charge is 0.423 e. The third kappa shape index (κ3) is 7.94. The number of carbonyl (C=O) groups excluding carboxylic acids is 5. The first kappa shape index (κ1) is 30.1. The van der Waals surface area contributed by atoms with E-state index in [1.807, 2.05) is 0 Å². The lowest BCUT2D eigenvalue weighted by molar-refractivity contribution is 0.0722. The van der Waals surface area contributed by atoms with E-state index in [2.05, 4.69) is 0 Å². The number of carbonyl (C=O) groups is 5. The first-order chi connectivity index (χ1) is 21.7. The van der Waals surface area contributed by atoms with Gasteiger partial charge in [0, 0.05) is 11.6 Å². The smallest absolute Gasteiger partial charge is 0.343 e. The molecule has 0 saturated heterocycles. The van der Waals surface area contributed by atoms with E-state index in [1.165, 1.54) is 73.7 Å². The Morgan fingerprint density at radius 2 is 0.667 bits per heavy atom. The zero-order chi connectivity index (χ0) is 31.8. The third-order valence-electron chi connectivity index (χ3n) is 6.33. The third-order valence-corrected chi connectivity index (χ3v) is 6.33. The van der Waals surface area contributed by atoms with Gasteiger partial charge >= 0.3 is 23.9 Å². The Kier molecular flexibility index (Phi) is 9.20. The van der Waals surface area contributed by atoms with E-state index < -0.39 is 23.9 Å². The van der Waals surface area contributed by atoms with Gasteiger partial charge in [-0.15, -0.1) is 0 Å². The van der Waals surface area contributed by atoms with Gasteiger partial charge in [0.1, 0.15) is 23.0 Å². The Hall–Kier alpha value is -6.35. The molecule has 0 N–H and O–H groups in total. The second-order valence-electron chi connectivity index (χ2n) is 9.59. The van der Waals surface area contributed by atoms with Gasteiger partial charge in [-0.2, -0.15) is 0 Å². The summed E-state index contributed by atoms with van der Waals surface area (Å²) in [5, 5.41) is 0. The number of hydrogen-bond donors (Lipinski definition) is 0. The molecule has 5 rings (SSSR count). The molecule has 0 spiro atoms. The molecule has 0 aliphatic rings. The molecule has 5 aromatic rings. The van der Waals surface area contributed by atoms with E-state index in [1.54, 1.807) is 60.7 Å². The predicted octanol–water partition coefficient (Wildman–Crippen LogP) is 6.77. The van der Waals surface area contributed by atoms with Gasteiger partial charge < -0.3 is 18.9 Å². The minimum absolute atomic E-state index is 0.0294. The van der Waals surface area contributed by atoms with E-state index in [0.717, 1.165) is 0 Å². The summed E-state index contributed by atoms with van der Waals surface area (Å²) in [5.41, 5.74) is 1.20. The molecule has 0 aliphatic heterocycles. The van der Waals surface area contributed by atoms with Gasteiger partial charge in [-0.25, -0.2) is 19.2 Å². The molecule has 0 bridgehead atoms. The number of hydrogen-bond acceptors (Lipinski definition) is 9. The lowest BCUT2D eigenvalue weighted by Crippen LogP contribution is -2.12. The van der Waals surface area contributed by atoms with Crippen molar-refractivity contribution in [3.8, 4) is 23.0 Å². The quantitative estimate of drug-likeness (QED) is 0.103. The second kappa shape index (κ2) is 13.7. The number of rotatable bonds is 9. The summed E-state index contributed by atoms with van der Waals surface area (Å²) in [5.74, 6) is -2.54. The van der Waals surface area contributed by atoms with Crippen LogP contribution in [0.25, 0.3) is 0 Å². The predicted molar refractivity (Wildman–Crippen MR) is 162 cm³/mol. The van der Waals surface area contributed by atoms with E-state index in [0.29, 0.717) is 11.1 Å². The highest BCUT2D eigenvalue weighted by Crippen LogP contribution is 2.26. The van der Waals surface area contributed by atoms with Gasteiger partial charge in [0.05, 0.1) is 22.3 Å². The van der Waals surface area contributed by atoms with Gasteiger partial charge in [0.2, 0.25) is 0 Å². The van der Waals surface area contributed by atoms with Crippen LogP contribution in [0.3, 0.4) is 0 Å². The SMILES string of the molecule is CC(=O)c1cc(OC(=O)c2ccc(OC(=O)c3ccccc3)cc2)cc(OC(=O)c2ccc(OC(=O)c3ccccc3)cc2)c1. The maximum absolute atomic E-state index is 12.8. The highest BCUT2D eigenvalue weighted by atomic mass is 16.6. The van der Waals surface area contributed by atoms with Crippen molar-refractivity contribution in [2.75, 3.05) is 0 Å². The number of esters is 4. The summed E-state index contributed by atoms with van der Waals surface area (Å²) in [6.45, 7) is 1.32. The molecule has 0 aliphatic carbocycles. The molecule has 0 heterocycles. The number of ether oxygens (including phenoxy) is 4. The van der Waals surface area contributed by atoms with E-state index >= 15 is 0 Å². The van der Waals surface area contributed by atoms with Crippen molar-refractivity contribution >= 4 is 29.7 Å². The maximum atomic E-state index is 12.8. The van der Waals surface area contributed by atoms with Crippen LogP contribution in [-0.2, 0) is 0 Å². The summed E-state index contributed by atoms with van der Waals surface area (Å²) >= 11 is 0. The summed E-state index contributed by atoms with van der Waals surface area (Å²) < 4.78 is 21.6. The lowest BCUT2D eigenvalue weighted by Gasteiger charge is -2.11. The van der Waals surface area contributed by atoms with E-state index in [9.17, 15) is 24.0 Å². The molecule has 0 fully saturated rings. The molecule has 0 amide bonds. The Morgan fingerprint density at radius 3 is 1.00 bits per heavy atom. The van der Waals surface area contributed by atoms with Crippen molar-refractivity contribution in [1.82, 2.24) is 0 Å². The van der Waals surface area contributed by atoms with Crippen molar-refractivity contribution in [1.29, 1.82) is 0 Å². The number of ketones is 1. The first-order valence-electron chi connectivity index (χ1n) is 13.6. The topological polar surface area (TPSA) is 122 Å². The average Bonchev–Trinajstić information content (AvgIpc) is 3.06. The van der Waals surface area contributed by atoms with E-state index in [4.69, 9.17) is 18.9 Å². The van der Waals surface area contributed by atoms with Crippen LogP contribution in [0.1, 0.15) is 58.7 Å². The molecular weight excluding hydrogens is 576 g/mol. The molecule has 9 nitrogen and oxygen atoms in total. The Balaban J connectivity index is 1.23. The normalized spacial score (nSPS) is 10.3. The van der Waals surface area contributed by atoms with Crippen LogP contribution in [0.15, 0.2) is 127 Å². The minimum atomic E-state index is -0.755. The maximum Gasteiger partial charge on any atom is 0.343 e. The Bertz CT molecular complexity index is 1730. The van der Waals surface area contributed by atoms with Crippen molar-refractivity contribution in [2.45, 2.75) is 6.92 Å². The zero-order valence-corrected chi connectivity index (χ0v) is 23.8. The van der Waals surface area contributed by atoms with Crippen molar-refractivity contribution in [2.24, 2.45) is 0 Å². The van der Waals surface area contributed by atoms with Gasteiger partial charge in [0.15, 0.2) is 5.78 Å². The molecule has 0 atom stereocenters. The minimum Gasteiger partial charge on any atom is -0.423 e. The fourth-order valence-corrected chi connectivity index (χ4v) is 4.02. The molecule has 0 aromatic heterocycles. The van der Waals surface area contributed by atoms with Crippen LogP contribution in [-0.4, -0.2) is 29.7 Å². The fraction of sp³-hybridized carbons (Fsp3) is 0.0278. The van der Waals surface area contributed by atoms with Crippen molar-refractivity contribution < 1.29 is 42.9 Å². The average molecular weight is 601 g/mol. The van der Waals surface area contributed by atoms with Crippen molar-refractivity contribution in [3.63, 3.8) is 0 Å². The molecule has 222 valence electrons. The van der Waals surface area contributed by atoms with Crippen LogP contribution in [0.5, 0.6) is 23.0 Å². The molecule has 0 unspecified atom stereocenters. The first-order valence-corrected chi connectivity index (χ1v) is 13.6. The molecule has 0 saturated carbocycles. The molecular formula is C36H24O9. The van der Waals surface area contributed by atoms with Gasteiger partial charge in [0.25, 0.3) is 0 Å². The zero-order valence-electron chi connectivity index (χ0n) is 23.8. The van der Waals surface area contributed by atoms with E-state index in [-0.39, 0.29) is 45.5 Å². The Labute approximate surface area is 257 Å². The number of Topliss-reactive ketones (excluding diaryl/α,β-unsaturated/α-hetero) is 1. The molecule has 5 aromatic carbocycles. The van der Waals surface area contributed by atoms with Crippen LogP contribution in [0.4, 0.5) is 0 Å². The fourth-order valence-electron chi connectivity index (χ4n) is 4.02. The van der Waals surface area contributed by atoms with Gasteiger partial charge in [-0.3, -0.25) is 4.79 Å². The lowest BCUT2D eigenvalue weighted by atomic mass is 10.1.